The average Bonchev–Trinajstić information content (AvgIpc) is 3.09. The number of hydrogen-bond donors (Lipinski definition) is 2. The highest BCUT2D eigenvalue weighted by molar-refractivity contribution is 6.06. The lowest BCUT2D eigenvalue weighted by molar-refractivity contribution is 0.305. The van der Waals surface area contributed by atoms with Crippen molar-refractivity contribution >= 4 is 17.6 Å². The van der Waals surface area contributed by atoms with Crippen LogP contribution in [0.1, 0.15) is 32.1 Å². The summed E-state index contributed by atoms with van der Waals surface area (Å²) in [4.78, 5) is 10.9. The standard InChI is InChI=1S/C15H19N9/c16-13-19-14(17)24(15(20-13)8-4-1-5-9-15)12-7-3-2-6-11(12)23-10-18-21-22-23/h2-3,6-7,10H,1,4-5,8-9H2,(H4,16,17,19,20). The summed E-state index contributed by atoms with van der Waals surface area (Å²) in [5, 5.41) is 11.5. The Kier molecular flexibility index (Phi) is 3.40. The third-order valence-corrected chi connectivity index (χ3v) is 4.57. The van der Waals surface area contributed by atoms with Crippen LogP contribution in [0.2, 0.25) is 0 Å². The molecule has 2 heterocycles. The Hall–Kier alpha value is -2.97. The Labute approximate surface area is 139 Å². The molecule has 124 valence electrons. The van der Waals surface area contributed by atoms with Crippen LogP contribution >= 0.6 is 0 Å². The van der Waals surface area contributed by atoms with Gasteiger partial charge in [0.1, 0.15) is 12.0 Å². The molecule has 1 saturated carbocycles. The van der Waals surface area contributed by atoms with Crippen molar-refractivity contribution in [1.29, 1.82) is 0 Å². The van der Waals surface area contributed by atoms with Gasteiger partial charge in [-0.2, -0.15) is 9.67 Å². The number of benzene rings is 1. The SMILES string of the molecule is NC1=NC2(CCCCC2)N(c2ccccc2-n2cnnn2)C(N)=N1. The normalized spacial score (nSPS) is 19.9. The lowest BCUT2D eigenvalue weighted by Crippen LogP contribution is -2.58. The van der Waals surface area contributed by atoms with E-state index in [1.54, 1.807) is 11.0 Å². The molecule has 0 radical (unpaired) electrons. The largest absolute Gasteiger partial charge is 0.369 e. The number of aliphatic imine (C=N–C) groups is 2. The van der Waals surface area contributed by atoms with Crippen LogP contribution in [0.5, 0.6) is 0 Å². The van der Waals surface area contributed by atoms with Gasteiger partial charge in [0.2, 0.25) is 11.9 Å². The second-order valence-electron chi connectivity index (χ2n) is 6.06. The van der Waals surface area contributed by atoms with E-state index in [0.29, 0.717) is 5.96 Å². The molecule has 1 spiro atoms. The summed E-state index contributed by atoms with van der Waals surface area (Å²) >= 11 is 0. The van der Waals surface area contributed by atoms with Crippen molar-refractivity contribution in [1.82, 2.24) is 20.2 Å². The maximum absolute atomic E-state index is 6.28. The number of nitrogens with two attached hydrogens (primary N) is 2. The Balaban J connectivity index is 1.87. The van der Waals surface area contributed by atoms with Crippen molar-refractivity contribution in [3.63, 3.8) is 0 Å². The first-order valence-electron chi connectivity index (χ1n) is 8.02. The molecule has 9 heteroatoms. The highest BCUT2D eigenvalue weighted by Gasteiger charge is 2.43. The van der Waals surface area contributed by atoms with Crippen molar-refractivity contribution in [3.8, 4) is 5.69 Å². The number of tetrazole rings is 1. The predicted octanol–water partition coefficient (Wildman–Crippen LogP) is 0.772. The van der Waals surface area contributed by atoms with Crippen LogP contribution in [0.15, 0.2) is 40.6 Å². The topological polar surface area (TPSA) is 124 Å². The zero-order valence-corrected chi connectivity index (χ0v) is 13.2. The summed E-state index contributed by atoms with van der Waals surface area (Å²) < 4.78 is 1.61. The van der Waals surface area contributed by atoms with Crippen LogP contribution in [0, 0.1) is 0 Å². The molecule has 0 bridgehead atoms. The molecule has 0 amide bonds. The molecule has 0 atom stereocenters. The summed E-state index contributed by atoms with van der Waals surface area (Å²) in [6, 6.07) is 7.81. The number of nitrogens with zero attached hydrogens (tertiary/aromatic N) is 7. The molecule has 24 heavy (non-hydrogen) atoms. The third kappa shape index (κ3) is 2.29. The molecule has 2 aliphatic rings. The minimum Gasteiger partial charge on any atom is -0.369 e. The van der Waals surface area contributed by atoms with E-state index >= 15 is 0 Å². The molecular weight excluding hydrogens is 306 g/mol. The van der Waals surface area contributed by atoms with Gasteiger partial charge in [0.05, 0.1) is 11.4 Å². The van der Waals surface area contributed by atoms with Gasteiger partial charge in [0, 0.05) is 0 Å². The molecule has 1 aromatic carbocycles. The number of aromatic nitrogens is 4. The highest BCUT2D eigenvalue weighted by Crippen LogP contribution is 2.41. The Morgan fingerprint density at radius 3 is 2.46 bits per heavy atom. The van der Waals surface area contributed by atoms with Crippen LogP contribution in [0.25, 0.3) is 5.69 Å². The zero-order chi connectivity index (χ0) is 16.6. The number of anilines is 1. The van der Waals surface area contributed by atoms with Crippen LogP contribution in [0.4, 0.5) is 5.69 Å². The molecule has 1 aromatic heterocycles. The second-order valence-corrected chi connectivity index (χ2v) is 6.06. The maximum atomic E-state index is 6.28. The van der Waals surface area contributed by atoms with Crippen molar-refractivity contribution in [2.45, 2.75) is 37.8 Å². The number of para-hydroxylation sites is 2. The van der Waals surface area contributed by atoms with Crippen LogP contribution in [-0.4, -0.2) is 37.8 Å². The van der Waals surface area contributed by atoms with Crippen molar-refractivity contribution in [2.24, 2.45) is 21.5 Å². The van der Waals surface area contributed by atoms with Crippen molar-refractivity contribution < 1.29 is 0 Å². The van der Waals surface area contributed by atoms with Crippen LogP contribution in [-0.2, 0) is 0 Å². The summed E-state index contributed by atoms with van der Waals surface area (Å²) in [6.45, 7) is 0. The predicted molar refractivity (Wildman–Crippen MR) is 90.7 cm³/mol. The molecule has 4 N–H and O–H groups in total. The third-order valence-electron chi connectivity index (χ3n) is 4.57. The minimum absolute atomic E-state index is 0.241. The molecule has 1 aliphatic carbocycles. The summed E-state index contributed by atoms with van der Waals surface area (Å²) in [6.07, 6.45) is 6.67. The Morgan fingerprint density at radius 1 is 1.00 bits per heavy atom. The van der Waals surface area contributed by atoms with Gasteiger partial charge in [-0.3, -0.25) is 4.90 Å². The molecule has 9 nitrogen and oxygen atoms in total. The van der Waals surface area contributed by atoms with Gasteiger partial charge in [-0.05, 0) is 48.2 Å². The lowest BCUT2D eigenvalue weighted by atomic mass is 9.87. The fraction of sp³-hybridized carbons (Fsp3) is 0.400. The Bertz CT molecular complexity index is 787. The number of guanidine groups is 2. The van der Waals surface area contributed by atoms with E-state index in [2.05, 4.69) is 20.5 Å². The molecule has 1 fully saturated rings. The summed E-state index contributed by atoms with van der Waals surface area (Å²) in [7, 11) is 0. The molecule has 4 rings (SSSR count). The first kappa shape index (κ1) is 14.6. The summed E-state index contributed by atoms with van der Waals surface area (Å²) in [5.41, 5.74) is 13.4. The van der Waals surface area contributed by atoms with E-state index in [1.807, 2.05) is 29.2 Å². The monoisotopic (exact) mass is 325 g/mol. The number of hydrogen-bond acceptors (Lipinski definition) is 8. The molecule has 1 aliphatic heterocycles. The molecule has 0 saturated heterocycles. The van der Waals surface area contributed by atoms with E-state index in [0.717, 1.165) is 37.1 Å². The van der Waals surface area contributed by atoms with Gasteiger partial charge in [0.25, 0.3) is 0 Å². The van der Waals surface area contributed by atoms with E-state index < -0.39 is 5.66 Å². The smallest absolute Gasteiger partial charge is 0.220 e. The van der Waals surface area contributed by atoms with Gasteiger partial charge in [-0.1, -0.05) is 18.6 Å². The van der Waals surface area contributed by atoms with Gasteiger partial charge < -0.3 is 11.5 Å². The maximum Gasteiger partial charge on any atom is 0.220 e. The molecule has 0 unspecified atom stereocenters. The van der Waals surface area contributed by atoms with E-state index in [-0.39, 0.29) is 5.96 Å². The van der Waals surface area contributed by atoms with Crippen LogP contribution in [0.3, 0.4) is 0 Å². The molecule has 2 aromatic rings. The molecular formula is C15H19N9. The van der Waals surface area contributed by atoms with Gasteiger partial charge >= 0.3 is 0 Å². The van der Waals surface area contributed by atoms with Gasteiger partial charge in [0.15, 0.2) is 0 Å². The minimum atomic E-state index is -0.488. The van der Waals surface area contributed by atoms with Gasteiger partial charge in [-0.25, -0.2) is 4.99 Å². The second kappa shape index (κ2) is 5.59. The van der Waals surface area contributed by atoms with E-state index in [9.17, 15) is 0 Å². The fourth-order valence-corrected chi connectivity index (χ4v) is 3.59. The first-order valence-corrected chi connectivity index (χ1v) is 8.02. The fourth-order valence-electron chi connectivity index (χ4n) is 3.59. The zero-order valence-electron chi connectivity index (χ0n) is 13.2. The number of rotatable bonds is 2. The average molecular weight is 325 g/mol. The summed E-state index contributed by atoms with van der Waals surface area (Å²) in [5.74, 6) is 0.593. The lowest BCUT2D eigenvalue weighted by Gasteiger charge is -2.46. The van der Waals surface area contributed by atoms with Crippen molar-refractivity contribution in [3.05, 3.63) is 30.6 Å². The first-order chi connectivity index (χ1) is 11.7. The highest BCUT2D eigenvalue weighted by atomic mass is 15.5. The van der Waals surface area contributed by atoms with Crippen LogP contribution < -0.4 is 16.4 Å². The van der Waals surface area contributed by atoms with E-state index in [4.69, 9.17) is 16.5 Å². The Morgan fingerprint density at radius 2 is 1.75 bits per heavy atom. The van der Waals surface area contributed by atoms with Gasteiger partial charge in [-0.15, -0.1) is 5.10 Å². The quantitative estimate of drug-likeness (QED) is 0.840. The van der Waals surface area contributed by atoms with E-state index in [1.165, 1.54) is 6.42 Å². The van der Waals surface area contributed by atoms with Crippen molar-refractivity contribution in [2.75, 3.05) is 4.90 Å².